The van der Waals surface area contributed by atoms with Crippen LogP contribution in [0.25, 0.3) is 0 Å². The highest BCUT2D eigenvalue weighted by Gasteiger charge is 2.48. The van der Waals surface area contributed by atoms with Crippen LogP contribution in [-0.2, 0) is 10.1 Å². The van der Waals surface area contributed by atoms with Gasteiger partial charge in [-0.05, 0) is 24.6 Å². The summed E-state index contributed by atoms with van der Waals surface area (Å²) in [5.41, 5.74) is 0.738. The predicted octanol–water partition coefficient (Wildman–Crippen LogP) is 1.93. The molecule has 0 radical (unpaired) electrons. The van der Waals surface area contributed by atoms with Gasteiger partial charge < -0.3 is 9.92 Å². The van der Waals surface area contributed by atoms with Crippen molar-refractivity contribution in [1.82, 2.24) is 0 Å². The lowest BCUT2D eigenvalue weighted by Gasteiger charge is -2.10. The number of nitrogens with two attached hydrogens (primary N) is 1. The SMILES string of the molecule is C[C@@H](N)c1ccc(OS(=O)(=O)C(F)(F)F)cc1. The first-order valence-corrected chi connectivity index (χ1v) is 5.90. The molecule has 8 heteroatoms. The highest BCUT2D eigenvalue weighted by molar-refractivity contribution is 7.87. The van der Waals surface area contributed by atoms with Gasteiger partial charge in [0.1, 0.15) is 5.75 Å². The molecule has 0 aliphatic heterocycles. The van der Waals surface area contributed by atoms with Crippen LogP contribution >= 0.6 is 0 Å². The molecule has 0 aliphatic rings. The lowest BCUT2D eigenvalue weighted by atomic mass is 10.1. The number of hydrogen-bond acceptors (Lipinski definition) is 4. The van der Waals surface area contributed by atoms with Crippen molar-refractivity contribution in [3.8, 4) is 5.75 Å². The van der Waals surface area contributed by atoms with Crippen LogP contribution in [0.1, 0.15) is 18.5 Å². The highest BCUT2D eigenvalue weighted by atomic mass is 32.2. The molecule has 0 aliphatic carbocycles. The zero-order chi connectivity index (χ0) is 13.3. The van der Waals surface area contributed by atoms with Crippen molar-refractivity contribution in [1.29, 1.82) is 0 Å². The average Bonchev–Trinajstić information content (AvgIpc) is 2.16. The number of alkyl halides is 3. The minimum absolute atomic E-state index is 0.303. The predicted molar refractivity (Wildman–Crippen MR) is 54.6 cm³/mol. The van der Waals surface area contributed by atoms with Gasteiger partial charge in [-0.2, -0.15) is 21.6 Å². The van der Waals surface area contributed by atoms with E-state index >= 15 is 0 Å². The summed E-state index contributed by atoms with van der Waals surface area (Å²) in [5, 5.41) is 0. The van der Waals surface area contributed by atoms with Crippen molar-refractivity contribution in [2.24, 2.45) is 5.73 Å². The number of halogens is 3. The highest BCUT2D eigenvalue weighted by Crippen LogP contribution is 2.27. The first-order chi connectivity index (χ1) is 7.63. The Balaban J connectivity index is 2.91. The normalized spacial score (nSPS) is 14.4. The second-order valence-corrected chi connectivity index (χ2v) is 4.88. The van der Waals surface area contributed by atoms with Crippen molar-refractivity contribution in [3.05, 3.63) is 29.8 Å². The summed E-state index contributed by atoms with van der Waals surface area (Å²) in [6.45, 7) is 1.68. The zero-order valence-electron chi connectivity index (χ0n) is 8.73. The molecule has 1 rings (SSSR count). The van der Waals surface area contributed by atoms with Crippen LogP contribution in [0.4, 0.5) is 13.2 Å². The van der Waals surface area contributed by atoms with Crippen LogP contribution in [0.5, 0.6) is 5.75 Å². The van der Waals surface area contributed by atoms with E-state index in [9.17, 15) is 21.6 Å². The van der Waals surface area contributed by atoms with Gasteiger partial charge in [0.2, 0.25) is 0 Å². The van der Waals surface area contributed by atoms with Gasteiger partial charge in [-0.25, -0.2) is 0 Å². The molecule has 0 amide bonds. The lowest BCUT2D eigenvalue weighted by molar-refractivity contribution is -0.0500. The first-order valence-electron chi connectivity index (χ1n) is 4.50. The Morgan fingerprint density at radius 1 is 1.24 bits per heavy atom. The van der Waals surface area contributed by atoms with Gasteiger partial charge in [0.25, 0.3) is 0 Å². The summed E-state index contributed by atoms with van der Waals surface area (Å²) in [7, 11) is -5.62. The molecular formula is C9H10F3NO3S. The number of benzene rings is 1. The lowest BCUT2D eigenvalue weighted by Crippen LogP contribution is -2.28. The van der Waals surface area contributed by atoms with Gasteiger partial charge in [0, 0.05) is 6.04 Å². The third-order valence-corrected chi connectivity index (χ3v) is 2.87. The minimum Gasteiger partial charge on any atom is -0.376 e. The zero-order valence-corrected chi connectivity index (χ0v) is 9.55. The average molecular weight is 269 g/mol. The molecule has 1 aromatic rings. The molecular weight excluding hydrogens is 259 g/mol. The summed E-state index contributed by atoms with van der Waals surface area (Å²) in [6, 6.07) is 4.71. The van der Waals surface area contributed by atoms with E-state index in [1.165, 1.54) is 12.1 Å². The van der Waals surface area contributed by atoms with E-state index in [1.807, 2.05) is 0 Å². The van der Waals surface area contributed by atoms with Crippen molar-refractivity contribution in [2.45, 2.75) is 18.5 Å². The van der Waals surface area contributed by atoms with Crippen LogP contribution < -0.4 is 9.92 Å². The Hall–Kier alpha value is -1.28. The summed E-state index contributed by atoms with van der Waals surface area (Å²) in [6.07, 6.45) is 0. The first kappa shape index (κ1) is 13.8. The molecule has 96 valence electrons. The molecule has 17 heavy (non-hydrogen) atoms. The molecule has 0 unspecified atom stereocenters. The number of hydrogen-bond donors (Lipinski definition) is 1. The molecule has 0 fully saturated rings. The maximum absolute atomic E-state index is 12.0. The fourth-order valence-electron chi connectivity index (χ4n) is 1.00. The number of rotatable bonds is 3. The largest absolute Gasteiger partial charge is 0.534 e. The topological polar surface area (TPSA) is 69.4 Å². The van der Waals surface area contributed by atoms with Crippen LogP contribution in [0.3, 0.4) is 0 Å². The minimum atomic E-state index is -5.62. The fraction of sp³-hybridized carbons (Fsp3) is 0.333. The van der Waals surface area contributed by atoms with Crippen LogP contribution in [0, 0.1) is 0 Å². The van der Waals surface area contributed by atoms with Crippen LogP contribution in [0.2, 0.25) is 0 Å². The van der Waals surface area contributed by atoms with Crippen molar-refractivity contribution >= 4 is 10.1 Å². The quantitative estimate of drug-likeness (QED) is 0.672. The van der Waals surface area contributed by atoms with E-state index in [2.05, 4.69) is 4.18 Å². The standard InChI is InChI=1S/C9H10F3NO3S/c1-6(13)7-2-4-8(5-3-7)16-17(14,15)9(10,11)12/h2-6H,13H2,1H3/t6-/m1/s1. The third-order valence-electron chi connectivity index (χ3n) is 1.90. The summed E-state index contributed by atoms with van der Waals surface area (Å²) in [5.74, 6) is -0.410. The molecule has 1 atom stereocenters. The van der Waals surface area contributed by atoms with E-state index < -0.39 is 21.4 Å². The van der Waals surface area contributed by atoms with E-state index in [1.54, 1.807) is 6.92 Å². The Bertz CT molecular complexity index is 479. The van der Waals surface area contributed by atoms with Gasteiger partial charge in [-0.1, -0.05) is 12.1 Å². The third kappa shape index (κ3) is 3.34. The molecule has 0 saturated carbocycles. The van der Waals surface area contributed by atoms with Gasteiger partial charge in [-0.3, -0.25) is 0 Å². The van der Waals surface area contributed by atoms with E-state index in [0.29, 0.717) is 5.56 Å². The van der Waals surface area contributed by atoms with Gasteiger partial charge in [0.05, 0.1) is 0 Å². The van der Waals surface area contributed by atoms with Crippen LogP contribution in [0.15, 0.2) is 24.3 Å². The van der Waals surface area contributed by atoms with E-state index in [0.717, 1.165) is 12.1 Å². The van der Waals surface area contributed by atoms with Crippen molar-refractivity contribution in [2.75, 3.05) is 0 Å². The van der Waals surface area contributed by atoms with E-state index in [-0.39, 0.29) is 6.04 Å². The maximum Gasteiger partial charge on any atom is 0.534 e. The molecule has 0 aromatic heterocycles. The Morgan fingerprint density at radius 3 is 2.06 bits per heavy atom. The Kier molecular flexibility index (Phi) is 3.68. The van der Waals surface area contributed by atoms with Crippen molar-refractivity contribution < 1.29 is 25.8 Å². The Morgan fingerprint density at radius 2 is 1.71 bits per heavy atom. The van der Waals surface area contributed by atoms with Gasteiger partial charge >= 0.3 is 15.6 Å². The molecule has 1 aromatic carbocycles. The summed E-state index contributed by atoms with van der Waals surface area (Å²) in [4.78, 5) is 0. The van der Waals surface area contributed by atoms with Gasteiger partial charge in [-0.15, -0.1) is 0 Å². The second kappa shape index (κ2) is 4.53. The summed E-state index contributed by atoms with van der Waals surface area (Å²) >= 11 is 0. The fourth-order valence-corrected chi connectivity index (χ4v) is 1.46. The maximum atomic E-state index is 12.0. The molecule has 0 spiro atoms. The van der Waals surface area contributed by atoms with Crippen molar-refractivity contribution in [3.63, 3.8) is 0 Å². The van der Waals surface area contributed by atoms with E-state index in [4.69, 9.17) is 5.73 Å². The van der Waals surface area contributed by atoms with Crippen LogP contribution in [-0.4, -0.2) is 13.9 Å². The molecule has 0 saturated heterocycles. The molecule has 0 heterocycles. The second-order valence-electron chi connectivity index (χ2n) is 3.34. The summed E-state index contributed by atoms with van der Waals surface area (Å²) < 4.78 is 61.2. The molecule has 0 bridgehead atoms. The van der Waals surface area contributed by atoms with Gasteiger partial charge in [0.15, 0.2) is 0 Å². The molecule has 2 N–H and O–H groups in total. The Labute approximate surface area is 96.3 Å². The molecule has 4 nitrogen and oxygen atoms in total. The monoisotopic (exact) mass is 269 g/mol. The smallest absolute Gasteiger partial charge is 0.376 e.